The van der Waals surface area contributed by atoms with Gasteiger partial charge in [-0.15, -0.1) is 0 Å². The molecule has 0 amide bonds. The average Bonchev–Trinajstić information content (AvgIpc) is 3.35. The van der Waals surface area contributed by atoms with Gasteiger partial charge in [-0.1, -0.05) is 224 Å². The zero-order valence-corrected chi connectivity index (χ0v) is 45.2. The van der Waals surface area contributed by atoms with Crippen LogP contribution < -0.4 is 0 Å². The highest BCUT2D eigenvalue weighted by atomic mass is 16.7. The van der Waals surface area contributed by atoms with Gasteiger partial charge < -0.3 is 39.0 Å². The number of unbranched alkanes of at least 4 members (excludes halogenated alkanes) is 29. The molecule has 71 heavy (non-hydrogen) atoms. The molecule has 0 aromatic carbocycles. The summed E-state index contributed by atoms with van der Waals surface area (Å²) < 4.78 is 28.3. The van der Waals surface area contributed by atoms with Crippen molar-refractivity contribution in [3.8, 4) is 0 Å². The van der Waals surface area contributed by atoms with Crippen LogP contribution in [0.15, 0.2) is 36.5 Å². The SMILES string of the molecule is CCCCC/C=C\C/C=C\C/C=C\CCCCCCCCC(=O)OCC(COC1OC(C(=O)O)C(O)C(O)C1OC(=O)CCCCCCCCCCC)OC(=O)CCCCCCCCCCCCCCC. The number of aliphatic hydroxyl groups is 2. The Morgan fingerprint density at radius 2 is 0.845 bits per heavy atom. The van der Waals surface area contributed by atoms with Crippen molar-refractivity contribution in [1.82, 2.24) is 0 Å². The highest BCUT2D eigenvalue weighted by Crippen LogP contribution is 2.26. The molecule has 0 aromatic heterocycles. The second-order valence-corrected chi connectivity index (χ2v) is 19.9. The summed E-state index contributed by atoms with van der Waals surface area (Å²) in [6.45, 7) is 5.93. The summed E-state index contributed by atoms with van der Waals surface area (Å²) in [5.74, 6) is -3.11. The van der Waals surface area contributed by atoms with Gasteiger partial charge in [-0.25, -0.2) is 4.79 Å². The number of rotatable bonds is 49. The molecule has 0 saturated carbocycles. The molecule has 1 aliphatic rings. The van der Waals surface area contributed by atoms with Crippen molar-refractivity contribution in [2.45, 2.75) is 302 Å². The molecule has 1 saturated heterocycles. The molecular weight excluding hydrogens is 901 g/mol. The number of hydrogen-bond acceptors (Lipinski definition) is 11. The number of carbonyl (C=O) groups excluding carboxylic acids is 3. The van der Waals surface area contributed by atoms with Gasteiger partial charge in [0.2, 0.25) is 0 Å². The molecule has 6 unspecified atom stereocenters. The van der Waals surface area contributed by atoms with Gasteiger partial charge in [0.1, 0.15) is 18.8 Å². The molecule has 12 heteroatoms. The Bertz CT molecular complexity index is 1380. The number of carboxylic acid groups (broad SMARTS) is 1. The lowest BCUT2D eigenvalue weighted by Gasteiger charge is -2.40. The minimum atomic E-state index is -1.90. The van der Waals surface area contributed by atoms with Crippen LogP contribution >= 0.6 is 0 Å². The number of carbonyl (C=O) groups is 4. The monoisotopic (exact) mass is 1000 g/mol. The van der Waals surface area contributed by atoms with Crippen LogP contribution in [0.4, 0.5) is 0 Å². The number of aliphatic hydroxyl groups excluding tert-OH is 2. The molecular formula is C59H104O12. The van der Waals surface area contributed by atoms with Gasteiger partial charge >= 0.3 is 23.9 Å². The third-order valence-electron chi connectivity index (χ3n) is 13.2. The van der Waals surface area contributed by atoms with Crippen molar-refractivity contribution < 1.29 is 58.2 Å². The number of ether oxygens (including phenoxy) is 5. The quantitative estimate of drug-likeness (QED) is 0.0228. The van der Waals surface area contributed by atoms with Gasteiger partial charge in [-0.3, -0.25) is 14.4 Å². The Balaban J connectivity index is 2.66. The number of allylic oxidation sites excluding steroid dienone is 6. The first kappa shape index (κ1) is 66.0. The Labute approximate surface area is 431 Å². The largest absolute Gasteiger partial charge is 0.479 e. The summed E-state index contributed by atoms with van der Waals surface area (Å²) in [5.41, 5.74) is 0. The van der Waals surface area contributed by atoms with Crippen molar-refractivity contribution in [3.63, 3.8) is 0 Å². The van der Waals surface area contributed by atoms with E-state index in [0.717, 1.165) is 96.3 Å². The van der Waals surface area contributed by atoms with Gasteiger partial charge in [0.15, 0.2) is 24.6 Å². The molecule has 1 rings (SSSR count). The molecule has 0 aliphatic carbocycles. The number of esters is 3. The number of aliphatic carboxylic acids is 1. The average molecular weight is 1010 g/mol. The van der Waals surface area contributed by atoms with Crippen molar-refractivity contribution in [3.05, 3.63) is 36.5 Å². The van der Waals surface area contributed by atoms with Crippen LogP contribution in [0.2, 0.25) is 0 Å². The zero-order chi connectivity index (χ0) is 51.8. The summed E-state index contributed by atoms with van der Waals surface area (Å²) in [6, 6.07) is 0. The summed E-state index contributed by atoms with van der Waals surface area (Å²) in [4.78, 5) is 50.9. The first-order chi connectivity index (χ1) is 34.6. The lowest BCUT2D eigenvalue weighted by atomic mass is 9.98. The molecule has 0 bridgehead atoms. The van der Waals surface area contributed by atoms with Gasteiger partial charge in [-0.2, -0.15) is 0 Å². The Morgan fingerprint density at radius 1 is 0.465 bits per heavy atom. The smallest absolute Gasteiger partial charge is 0.335 e. The minimum Gasteiger partial charge on any atom is -0.479 e. The molecule has 0 radical (unpaired) electrons. The Morgan fingerprint density at radius 3 is 1.31 bits per heavy atom. The van der Waals surface area contributed by atoms with Crippen LogP contribution in [0.5, 0.6) is 0 Å². The van der Waals surface area contributed by atoms with E-state index < -0.39 is 67.3 Å². The van der Waals surface area contributed by atoms with E-state index in [1.807, 2.05) is 0 Å². The van der Waals surface area contributed by atoms with Crippen LogP contribution in [0.3, 0.4) is 0 Å². The zero-order valence-electron chi connectivity index (χ0n) is 45.2. The lowest BCUT2D eigenvalue weighted by Crippen LogP contribution is -2.61. The molecule has 412 valence electrons. The van der Waals surface area contributed by atoms with E-state index >= 15 is 0 Å². The Kier molecular flexibility index (Phi) is 44.5. The fraction of sp³-hybridized carbons (Fsp3) is 0.831. The molecule has 0 aromatic rings. The first-order valence-electron chi connectivity index (χ1n) is 29.0. The van der Waals surface area contributed by atoms with E-state index in [0.29, 0.717) is 19.3 Å². The third-order valence-corrected chi connectivity index (χ3v) is 13.2. The molecule has 1 heterocycles. The van der Waals surface area contributed by atoms with E-state index in [9.17, 15) is 34.5 Å². The van der Waals surface area contributed by atoms with Crippen molar-refractivity contribution in [1.29, 1.82) is 0 Å². The molecule has 1 aliphatic heterocycles. The summed E-state index contributed by atoms with van der Waals surface area (Å²) in [7, 11) is 0. The topological polar surface area (TPSA) is 175 Å². The van der Waals surface area contributed by atoms with Gasteiger partial charge in [0, 0.05) is 19.3 Å². The third kappa shape index (κ3) is 38.2. The maximum absolute atomic E-state index is 13.1. The molecule has 3 N–H and O–H groups in total. The van der Waals surface area contributed by atoms with Gasteiger partial charge in [0.25, 0.3) is 0 Å². The maximum Gasteiger partial charge on any atom is 0.335 e. The van der Waals surface area contributed by atoms with Crippen LogP contribution in [0.25, 0.3) is 0 Å². The summed E-state index contributed by atoms with van der Waals surface area (Å²) in [6.07, 6.45) is 42.7. The van der Waals surface area contributed by atoms with E-state index in [1.165, 1.54) is 109 Å². The fourth-order valence-corrected chi connectivity index (χ4v) is 8.73. The van der Waals surface area contributed by atoms with Crippen molar-refractivity contribution >= 4 is 23.9 Å². The van der Waals surface area contributed by atoms with Crippen molar-refractivity contribution in [2.75, 3.05) is 13.2 Å². The second kappa shape index (κ2) is 47.9. The van der Waals surface area contributed by atoms with E-state index in [4.69, 9.17) is 23.7 Å². The fourth-order valence-electron chi connectivity index (χ4n) is 8.73. The van der Waals surface area contributed by atoms with Crippen LogP contribution in [0, 0.1) is 0 Å². The standard InChI is InChI=1S/C59H104O12/c1-4-7-10-13-16-19-21-23-24-25-26-27-28-30-31-34-36-39-42-45-51(60)67-48-50(69-52(61)46-43-40-38-35-32-29-22-20-17-14-11-8-5-2)49-68-59-57(55(64)54(63)56(71-59)58(65)66)70-53(62)47-44-41-37-33-18-15-12-9-6-3/h16,19,23-24,26-27,50,54-57,59,63-64H,4-15,17-18,20-22,25,28-49H2,1-3H3,(H,65,66)/b19-16-,24-23-,27-26-. The van der Waals surface area contributed by atoms with Crippen LogP contribution in [-0.4, -0.2) is 89.2 Å². The van der Waals surface area contributed by atoms with E-state index in [2.05, 4.69) is 57.2 Å². The van der Waals surface area contributed by atoms with Crippen LogP contribution in [-0.2, 0) is 42.9 Å². The summed E-state index contributed by atoms with van der Waals surface area (Å²) >= 11 is 0. The second-order valence-electron chi connectivity index (χ2n) is 19.9. The lowest BCUT2D eigenvalue weighted by molar-refractivity contribution is -0.301. The van der Waals surface area contributed by atoms with Crippen molar-refractivity contribution in [2.24, 2.45) is 0 Å². The van der Waals surface area contributed by atoms with E-state index in [1.54, 1.807) is 0 Å². The highest BCUT2D eigenvalue weighted by Gasteiger charge is 2.50. The highest BCUT2D eigenvalue weighted by molar-refractivity contribution is 5.74. The number of carboxylic acids is 1. The predicted molar refractivity (Wildman–Crippen MR) is 285 cm³/mol. The minimum absolute atomic E-state index is 0.0629. The first-order valence-corrected chi connectivity index (χ1v) is 29.0. The number of hydrogen-bond donors (Lipinski definition) is 3. The Hall–Kier alpha value is -3.06. The van der Waals surface area contributed by atoms with Gasteiger partial charge in [-0.05, 0) is 57.8 Å². The summed E-state index contributed by atoms with van der Waals surface area (Å²) in [5, 5.41) is 31.3. The van der Waals surface area contributed by atoms with Gasteiger partial charge in [0.05, 0.1) is 6.61 Å². The normalized spacial score (nSPS) is 18.7. The van der Waals surface area contributed by atoms with E-state index in [-0.39, 0.29) is 25.9 Å². The molecule has 6 atom stereocenters. The maximum atomic E-state index is 13.1. The molecule has 0 spiro atoms. The molecule has 1 fully saturated rings. The predicted octanol–water partition coefficient (Wildman–Crippen LogP) is 14.5. The van der Waals surface area contributed by atoms with Crippen LogP contribution in [0.1, 0.15) is 265 Å². The molecule has 12 nitrogen and oxygen atoms in total.